The first-order valence-corrected chi connectivity index (χ1v) is 4.22. The molecule has 0 aliphatic carbocycles. The van der Waals surface area contributed by atoms with Crippen LogP contribution >= 0.6 is 0 Å². The summed E-state index contributed by atoms with van der Waals surface area (Å²) < 4.78 is 4.90. The summed E-state index contributed by atoms with van der Waals surface area (Å²) in [5.41, 5.74) is 0. The minimum Gasteiger partial charge on any atom is -0.465 e. The van der Waals surface area contributed by atoms with Crippen LogP contribution in [0.3, 0.4) is 0 Å². The van der Waals surface area contributed by atoms with E-state index in [1.54, 1.807) is 13.8 Å². The topological polar surface area (TPSA) is 50.1 Å². The molecule has 0 saturated carbocycles. The van der Waals surface area contributed by atoms with Gasteiger partial charge in [-0.2, -0.15) is 5.26 Å². The summed E-state index contributed by atoms with van der Waals surface area (Å²) in [4.78, 5) is 10.9. The van der Waals surface area contributed by atoms with Crippen molar-refractivity contribution in [2.45, 2.75) is 33.1 Å². The van der Waals surface area contributed by atoms with Gasteiger partial charge in [0.2, 0.25) is 0 Å². The van der Waals surface area contributed by atoms with Crippen molar-refractivity contribution in [1.82, 2.24) is 0 Å². The molecule has 0 heterocycles. The number of esters is 1. The third-order valence-electron chi connectivity index (χ3n) is 1.40. The molecule has 12 heavy (non-hydrogen) atoms. The van der Waals surface area contributed by atoms with Crippen molar-refractivity contribution in [3.05, 3.63) is 0 Å². The standard InChI is InChI=1S/C9H15NO2/c1-8(2)9(11)12-7-5-3-4-6-10/h8H,3-5,7H2,1-2H3. The number of carbonyl (C=O) groups excluding carboxylic acids is 1. The van der Waals surface area contributed by atoms with Gasteiger partial charge < -0.3 is 4.74 Å². The second-order valence-corrected chi connectivity index (χ2v) is 2.94. The molecule has 0 aromatic rings. The van der Waals surface area contributed by atoms with Crippen LogP contribution in [-0.4, -0.2) is 12.6 Å². The Labute approximate surface area is 73.3 Å². The molecule has 0 fully saturated rings. The maximum Gasteiger partial charge on any atom is 0.308 e. The molecule has 0 bridgehead atoms. The highest BCUT2D eigenvalue weighted by Crippen LogP contribution is 1.99. The molecule has 0 unspecified atom stereocenters. The number of nitrogens with zero attached hydrogens (tertiary/aromatic N) is 1. The van der Waals surface area contributed by atoms with Gasteiger partial charge in [-0.3, -0.25) is 4.79 Å². The molecule has 0 radical (unpaired) electrons. The Kier molecular flexibility index (Phi) is 6.08. The molecule has 0 spiro atoms. The Morgan fingerprint density at radius 2 is 2.17 bits per heavy atom. The molecule has 3 nitrogen and oxygen atoms in total. The minimum absolute atomic E-state index is 0.0547. The monoisotopic (exact) mass is 169 g/mol. The lowest BCUT2D eigenvalue weighted by Gasteiger charge is -2.05. The zero-order chi connectivity index (χ0) is 9.40. The molecule has 0 aromatic carbocycles. The number of rotatable bonds is 5. The number of hydrogen-bond acceptors (Lipinski definition) is 3. The second-order valence-electron chi connectivity index (χ2n) is 2.94. The van der Waals surface area contributed by atoms with Crippen LogP contribution in [0.15, 0.2) is 0 Å². The van der Waals surface area contributed by atoms with Gasteiger partial charge in [0.05, 0.1) is 18.6 Å². The number of hydrogen-bond donors (Lipinski definition) is 0. The maximum atomic E-state index is 10.9. The fraction of sp³-hybridized carbons (Fsp3) is 0.778. The van der Waals surface area contributed by atoms with E-state index in [2.05, 4.69) is 0 Å². The van der Waals surface area contributed by atoms with Crippen LogP contribution in [0.2, 0.25) is 0 Å². The fourth-order valence-corrected chi connectivity index (χ4v) is 0.646. The highest BCUT2D eigenvalue weighted by Gasteiger charge is 2.06. The van der Waals surface area contributed by atoms with E-state index in [0.717, 1.165) is 12.8 Å². The Balaban J connectivity index is 3.21. The number of nitriles is 1. The van der Waals surface area contributed by atoms with E-state index in [0.29, 0.717) is 13.0 Å². The summed E-state index contributed by atoms with van der Waals surface area (Å²) >= 11 is 0. The summed E-state index contributed by atoms with van der Waals surface area (Å²) in [5.74, 6) is -0.215. The van der Waals surface area contributed by atoms with Gasteiger partial charge in [-0.05, 0) is 12.8 Å². The Hall–Kier alpha value is -1.04. The molecule has 3 heteroatoms. The molecular weight excluding hydrogens is 154 g/mol. The van der Waals surface area contributed by atoms with Gasteiger partial charge in [-0.1, -0.05) is 13.8 Å². The summed E-state index contributed by atoms with van der Waals surface area (Å²) in [6.45, 7) is 4.05. The van der Waals surface area contributed by atoms with Crippen LogP contribution in [-0.2, 0) is 9.53 Å². The Bertz CT molecular complexity index is 170. The first-order chi connectivity index (χ1) is 5.68. The number of unbranched alkanes of at least 4 members (excludes halogenated alkanes) is 2. The summed E-state index contributed by atoms with van der Waals surface area (Å²) in [6, 6.07) is 2.04. The third kappa shape index (κ3) is 5.72. The van der Waals surface area contributed by atoms with E-state index in [4.69, 9.17) is 10.00 Å². The molecule has 0 atom stereocenters. The van der Waals surface area contributed by atoms with Crippen molar-refractivity contribution < 1.29 is 9.53 Å². The lowest BCUT2D eigenvalue weighted by molar-refractivity contribution is -0.147. The first kappa shape index (κ1) is 11.0. The SMILES string of the molecule is CC(C)C(=O)OCCCCC#N. The van der Waals surface area contributed by atoms with E-state index in [9.17, 15) is 4.79 Å². The van der Waals surface area contributed by atoms with Crippen LogP contribution in [0.4, 0.5) is 0 Å². The highest BCUT2D eigenvalue weighted by molar-refractivity contribution is 5.71. The predicted molar refractivity (Wildman–Crippen MR) is 45.3 cm³/mol. The van der Waals surface area contributed by atoms with Crippen molar-refractivity contribution in [3.63, 3.8) is 0 Å². The summed E-state index contributed by atoms with van der Waals surface area (Å²) in [7, 11) is 0. The molecule has 0 aliphatic heterocycles. The van der Waals surface area contributed by atoms with E-state index in [1.165, 1.54) is 0 Å². The first-order valence-electron chi connectivity index (χ1n) is 4.22. The summed E-state index contributed by atoms with van der Waals surface area (Å²) in [6.07, 6.45) is 2.13. The molecular formula is C9H15NO2. The molecule has 0 N–H and O–H groups in total. The third-order valence-corrected chi connectivity index (χ3v) is 1.40. The predicted octanol–water partition coefficient (Wildman–Crippen LogP) is 1.88. The molecule has 0 aromatic heterocycles. The second kappa shape index (κ2) is 6.66. The normalized spacial score (nSPS) is 9.50. The smallest absolute Gasteiger partial charge is 0.308 e. The van der Waals surface area contributed by atoms with Gasteiger partial charge in [0.1, 0.15) is 0 Å². The zero-order valence-electron chi connectivity index (χ0n) is 7.67. The van der Waals surface area contributed by atoms with E-state index >= 15 is 0 Å². The Morgan fingerprint density at radius 1 is 1.50 bits per heavy atom. The van der Waals surface area contributed by atoms with Crippen molar-refractivity contribution in [3.8, 4) is 6.07 Å². The minimum atomic E-state index is -0.160. The molecule has 0 rings (SSSR count). The van der Waals surface area contributed by atoms with Crippen LogP contribution in [0.1, 0.15) is 33.1 Å². The van der Waals surface area contributed by atoms with Gasteiger partial charge >= 0.3 is 5.97 Å². The summed E-state index contributed by atoms with van der Waals surface area (Å²) in [5, 5.41) is 8.21. The molecule has 68 valence electrons. The van der Waals surface area contributed by atoms with E-state index in [-0.39, 0.29) is 11.9 Å². The van der Waals surface area contributed by atoms with E-state index < -0.39 is 0 Å². The average Bonchev–Trinajstić information content (AvgIpc) is 2.03. The molecule has 0 amide bonds. The maximum absolute atomic E-state index is 10.9. The largest absolute Gasteiger partial charge is 0.465 e. The van der Waals surface area contributed by atoms with Gasteiger partial charge in [0.15, 0.2) is 0 Å². The van der Waals surface area contributed by atoms with Gasteiger partial charge in [0, 0.05) is 6.42 Å². The number of carbonyl (C=O) groups is 1. The zero-order valence-corrected chi connectivity index (χ0v) is 7.67. The van der Waals surface area contributed by atoms with E-state index in [1.807, 2.05) is 6.07 Å². The Morgan fingerprint density at radius 3 is 2.67 bits per heavy atom. The van der Waals surface area contributed by atoms with Crippen molar-refractivity contribution in [1.29, 1.82) is 5.26 Å². The lowest BCUT2D eigenvalue weighted by atomic mass is 10.2. The molecule has 0 aliphatic rings. The number of ether oxygens (including phenoxy) is 1. The van der Waals surface area contributed by atoms with Gasteiger partial charge in [-0.25, -0.2) is 0 Å². The highest BCUT2D eigenvalue weighted by atomic mass is 16.5. The lowest BCUT2D eigenvalue weighted by Crippen LogP contribution is -2.12. The van der Waals surface area contributed by atoms with Crippen molar-refractivity contribution >= 4 is 5.97 Å². The average molecular weight is 169 g/mol. The van der Waals surface area contributed by atoms with Gasteiger partial charge in [-0.15, -0.1) is 0 Å². The fourth-order valence-electron chi connectivity index (χ4n) is 0.646. The quantitative estimate of drug-likeness (QED) is 0.466. The van der Waals surface area contributed by atoms with Crippen molar-refractivity contribution in [2.24, 2.45) is 5.92 Å². The van der Waals surface area contributed by atoms with Crippen LogP contribution in [0.25, 0.3) is 0 Å². The van der Waals surface area contributed by atoms with Crippen LogP contribution < -0.4 is 0 Å². The van der Waals surface area contributed by atoms with Crippen molar-refractivity contribution in [2.75, 3.05) is 6.61 Å². The molecule has 0 saturated heterocycles. The van der Waals surface area contributed by atoms with Crippen LogP contribution in [0.5, 0.6) is 0 Å². The van der Waals surface area contributed by atoms with Gasteiger partial charge in [0.25, 0.3) is 0 Å². The van der Waals surface area contributed by atoms with Crippen LogP contribution in [0, 0.1) is 17.2 Å².